The Balaban J connectivity index is 2.56. The van der Waals surface area contributed by atoms with Crippen LogP contribution in [0.25, 0.3) is 0 Å². The Bertz CT molecular complexity index is 517. The van der Waals surface area contributed by atoms with Crippen molar-refractivity contribution in [2.75, 3.05) is 7.05 Å². The Labute approximate surface area is 123 Å². The van der Waals surface area contributed by atoms with E-state index >= 15 is 0 Å². The molecule has 0 unspecified atom stereocenters. The Kier molecular flexibility index (Phi) is 5.69. The van der Waals surface area contributed by atoms with Crippen molar-refractivity contribution in [1.29, 1.82) is 0 Å². The van der Waals surface area contributed by atoms with Gasteiger partial charge in [0.1, 0.15) is 5.82 Å². The summed E-state index contributed by atoms with van der Waals surface area (Å²) < 4.78 is 13.1. The van der Waals surface area contributed by atoms with Gasteiger partial charge in [0, 0.05) is 25.6 Å². The fourth-order valence-corrected chi connectivity index (χ4v) is 1.85. The number of carboxylic acid groups (broad SMARTS) is 1. The highest BCUT2D eigenvalue weighted by Gasteiger charge is 2.23. The van der Waals surface area contributed by atoms with Gasteiger partial charge in [0.2, 0.25) is 0 Å². The summed E-state index contributed by atoms with van der Waals surface area (Å²) in [5.74, 6) is -1.24. The molecule has 0 spiro atoms. The fourth-order valence-electron chi connectivity index (χ4n) is 1.85. The third-order valence-corrected chi connectivity index (χ3v) is 3.06. The molecule has 0 bridgehead atoms. The maximum atomic E-state index is 13.1. The smallest absolute Gasteiger partial charge is 0.317 e. The van der Waals surface area contributed by atoms with E-state index in [1.54, 1.807) is 33.0 Å². The van der Waals surface area contributed by atoms with E-state index in [0.29, 0.717) is 12.0 Å². The highest BCUT2D eigenvalue weighted by Crippen LogP contribution is 2.13. The fraction of sp³-hybridized carbons (Fsp3) is 0.467. The number of rotatable bonds is 6. The SMILES string of the molecule is CN(Cc1cccc(F)c1)C(=O)NC(C)(C)CCC(=O)O. The number of benzene rings is 1. The number of hydrogen-bond acceptors (Lipinski definition) is 2. The molecule has 0 aromatic heterocycles. The molecule has 0 atom stereocenters. The number of carbonyl (C=O) groups excluding carboxylic acids is 1. The van der Waals surface area contributed by atoms with Gasteiger partial charge < -0.3 is 15.3 Å². The zero-order valence-corrected chi connectivity index (χ0v) is 12.5. The lowest BCUT2D eigenvalue weighted by molar-refractivity contribution is -0.137. The van der Waals surface area contributed by atoms with Crippen LogP contribution in [0.5, 0.6) is 0 Å². The van der Waals surface area contributed by atoms with Gasteiger partial charge in [-0.05, 0) is 38.0 Å². The van der Waals surface area contributed by atoms with E-state index in [1.807, 2.05) is 0 Å². The lowest BCUT2D eigenvalue weighted by atomic mass is 9.99. The van der Waals surface area contributed by atoms with Crippen molar-refractivity contribution in [2.45, 2.75) is 38.8 Å². The average molecular weight is 296 g/mol. The van der Waals surface area contributed by atoms with Gasteiger partial charge in [0.25, 0.3) is 0 Å². The van der Waals surface area contributed by atoms with Crippen LogP contribution >= 0.6 is 0 Å². The first kappa shape index (κ1) is 16.9. The summed E-state index contributed by atoms with van der Waals surface area (Å²) in [5.41, 5.74) is 0.0714. The zero-order valence-electron chi connectivity index (χ0n) is 12.5. The standard InChI is InChI=1S/C15H21FN2O3/c1-15(2,8-7-13(19)20)17-14(21)18(3)10-11-5-4-6-12(16)9-11/h4-6,9H,7-8,10H2,1-3H3,(H,17,21)(H,19,20). The highest BCUT2D eigenvalue weighted by molar-refractivity contribution is 5.75. The summed E-state index contributed by atoms with van der Waals surface area (Å²) in [6, 6.07) is 5.72. The van der Waals surface area contributed by atoms with E-state index in [9.17, 15) is 14.0 Å². The summed E-state index contributed by atoms with van der Waals surface area (Å²) in [6.45, 7) is 3.81. The maximum absolute atomic E-state index is 13.1. The molecule has 1 aromatic rings. The predicted molar refractivity (Wildman–Crippen MR) is 77.3 cm³/mol. The number of urea groups is 1. The number of carbonyl (C=O) groups is 2. The minimum atomic E-state index is -0.898. The van der Waals surface area contributed by atoms with Crippen LogP contribution in [0, 0.1) is 5.82 Å². The van der Waals surface area contributed by atoms with Gasteiger partial charge in [-0.25, -0.2) is 9.18 Å². The van der Waals surface area contributed by atoms with Gasteiger partial charge in [-0.2, -0.15) is 0 Å². The topological polar surface area (TPSA) is 69.6 Å². The molecule has 1 aromatic carbocycles. The van der Waals surface area contributed by atoms with Gasteiger partial charge in [-0.15, -0.1) is 0 Å². The van der Waals surface area contributed by atoms with Crippen molar-refractivity contribution in [1.82, 2.24) is 10.2 Å². The summed E-state index contributed by atoms with van der Waals surface area (Å²) in [6.07, 6.45) is 0.322. The largest absolute Gasteiger partial charge is 0.481 e. The minimum Gasteiger partial charge on any atom is -0.481 e. The first-order valence-electron chi connectivity index (χ1n) is 6.69. The van der Waals surface area contributed by atoms with Crippen LogP contribution in [-0.4, -0.2) is 34.6 Å². The Morgan fingerprint density at radius 3 is 2.62 bits per heavy atom. The third kappa shape index (κ3) is 6.25. The molecule has 0 fully saturated rings. The number of halogens is 1. The molecule has 0 saturated heterocycles. The quantitative estimate of drug-likeness (QED) is 0.847. The van der Waals surface area contributed by atoms with E-state index in [4.69, 9.17) is 5.11 Å². The number of hydrogen-bond donors (Lipinski definition) is 2. The maximum Gasteiger partial charge on any atom is 0.317 e. The minimum absolute atomic E-state index is 0.0130. The number of nitrogens with one attached hydrogen (secondary N) is 1. The van der Waals surface area contributed by atoms with Gasteiger partial charge >= 0.3 is 12.0 Å². The molecule has 5 nitrogen and oxygen atoms in total. The van der Waals surface area contributed by atoms with Gasteiger partial charge in [-0.1, -0.05) is 12.1 Å². The molecule has 2 N–H and O–H groups in total. The Morgan fingerprint density at radius 2 is 2.05 bits per heavy atom. The normalized spacial score (nSPS) is 11.0. The highest BCUT2D eigenvalue weighted by atomic mass is 19.1. The Hall–Kier alpha value is -2.11. The summed E-state index contributed by atoms with van der Waals surface area (Å²) in [7, 11) is 1.60. The summed E-state index contributed by atoms with van der Waals surface area (Å²) >= 11 is 0. The van der Waals surface area contributed by atoms with Crippen molar-refractivity contribution in [3.05, 3.63) is 35.6 Å². The number of nitrogens with zero attached hydrogens (tertiary/aromatic N) is 1. The first-order valence-corrected chi connectivity index (χ1v) is 6.69. The van der Waals surface area contributed by atoms with E-state index in [1.165, 1.54) is 17.0 Å². The van der Waals surface area contributed by atoms with Crippen LogP contribution in [0.15, 0.2) is 24.3 Å². The Morgan fingerprint density at radius 1 is 1.38 bits per heavy atom. The van der Waals surface area contributed by atoms with Crippen LogP contribution < -0.4 is 5.32 Å². The molecule has 1 rings (SSSR count). The second-order valence-electron chi connectivity index (χ2n) is 5.69. The molecular formula is C15H21FN2O3. The molecular weight excluding hydrogens is 275 g/mol. The summed E-state index contributed by atoms with van der Waals surface area (Å²) in [5, 5.41) is 11.5. The predicted octanol–water partition coefficient (Wildman–Crippen LogP) is 2.61. The van der Waals surface area contributed by atoms with E-state index in [-0.39, 0.29) is 24.8 Å². The molecule has 116 valence electrons. The number of amides is 2. The van der Waals surface area contributed by atoms with Crippen LogP contribution in [0.1, 0.15) is 32.3 Å². The van der Waals surface area contributed by atoms with Crippen LogP contribution in [0.4, 0.5) is 9.18 Å². The van der Waals surface area contributed by atoms with Gasteiger partial charge in [0.15, 0.2) is 0 Å². The lowest BCUT2D eigenvalue weighted by Gasteiger charge is -2.29. The monoisotopic (exact) mass is 296 g/mol. The second kappa shape index (κ2) is 7.06. The van der Waals surface area contributed by atoms with E-state index < -0.39 is 11.5 Å². The van der Waals surface area contributed by atoms with Crippen LogP contribution in [0.3, 0.4) is 0 Å². The molecule has 0 heterocycles. The molecule has 0 radical (unpaired) electrons. The molecule has 21 heavy (non-hydrogen) atoms. The summed E-state index contributed by atoms with van der Waals surface area (Å²) in [4.78, 5) is 24.1. The molecule has 0 saturated carbocycles. The first-order chi connectivity index (χ1) is 9.69. The van der Waals surface area contributed by atoms with E-state index in [2.05, 4.69) is 5.32 Å². The molecule has 2 amide bonds. The lowest BCUT2D eigenvalue weighted by Crippen LogP contribution is -2.48. The molecule has 6 heteroatoms. The zero-order chi connectivity index (χ0) is 16.0. The van der Waals surface area contributed by atoms with E-state index in [0.717, 1.165) is 0 Å². The number of carboxylic acids is 1. The number of aliphatic carboxylic acids is 1. The van der Waals surface area contributed by atoms with Crippen molar-refractivity contribution in [3.63, 3.8) is 0 Å². The average Bonchev–Trinajstić information content (AvgIpc) is 2.36. The van der Waals surface area contributed by atoms with Gasteiger partial charge in [0.05, 0.1) is 0 Å². The van der Waals surface area contributed by atoms with Crippen molar-refractivity contribution >= 4 is 12.0 Å². The van der Waals surface area contributed by atoms with Crippen molar-refractivity contribution < 1.29 is 19.1 Å². The molecule has 0 aliphatic heterocycles. The van der Waals surface area contributed by atoms with Crippen LogP contribution in [0.2, 0.25) is 0 Å². The third-order valence-electron chi connectivity index (χ3n) is 3.06. The molecule has 0 aliphatic rings. The van der Waals surface area contributed by atoms with Crippen LogP contribution in [-0.2, 0) is 11.3 Å². The van der Waals surface area contributed by atoms with Crippen molar-refractivity contribution in [3.8, 4) is 0 Å². The van der Waals surface area contributed by atoms with Crippen molar-refractivity contribution in [2.24, 2.45) is 0 Å². The molecule has 0 aliphatic carbocycles. The van der Waals surface area contributed by atoms with Gasteiger partial charge in [-0.3, -0.25) is 4.79 Å². The second-order valence-corrected chi connectivity index (χ2v) is 5.69.